The molecule has 0 saturated heterocycles. The summed E-state index contributed by atoms with van der Waals surface area (Å²) in [5, 5.41) is 17.1. The smallest absolute Gasteiger partial charge is 0.269 e. The summed E-state index contributed by atoms with van der Waals surface area (Å²) in [4.78, 5) is 44.2. The number of nitrogens with zero attached hydrogens (tertiary/aromatic N) is 4. The standard InChI is InChI=1S/C36H35Cl2N5O4/c1-3-24(2)34(40-35(44)18-32-19-39-23-42(32)20-25-11-13-31(14-12-25)43(46)47)22-41(36(45)28-15-29(37)17-30(38)16-28)21-27-9-6-8-26-7-4-5-10-33(26)27/h4-17,19,23-24,34H,3,18,20-22H2,1-2H3,(H,40,44)/t24-,34+/m0/s1. The summed E-state index contributed by atoms with van der Waals surface area (Å²) < 4.78 is 1.85. The van der Waals surface area contributed by atoms with Crippen LogP contribution in [0, 0.1) is 16.0 Å². The van der Waals surface area contributed by atoms with Gasteiger partial charge >= 0.3 is 0 Å². The molecular weight excluding hydrogens is 637 g/mol. The molecule has 242 valence electrons. The molecule has 0 aliphatic rings. The fourth-order valence-corrected chi connectivity index (χ4v) is 6.11. The normalized spacial score (nSPS) is 12.4. The second-order valence-electron chi connectivity index (χ2n) is 11.7. The summed E-state index contributed by atoms with van der Waals surface area (Å²) in [7, 11) is 0. The molecule has 2 amide bonds. The van der Waals surface area contributed by atoms with Gasteiger partial charge in [-0.15, -0.1) is 0 Å². The maximum Gasteiger partial charge on any atom is 0.269 e. The largest absolute Gasteiger partial charge is 0.351 e. The third-order valence-electron chi connectivity index (χ3n) is 8.37. The Balaban J connectivity index is 1.37. The third-order valence-corrected chi connectivity index (χ3v) is 8.81. The number of hydrogen-bond acceptors (Lipinski definition) is 5. The highest BCUT2D eigenvalue weighted by molar-refractivity contribution is 6.35. The van der Waals surface area contributed by atoms with Crippen LogP contribution >= 0.6 is 23.2 Å². The number of benzene rings is 4. The SMILES string of the molecule is CC[C@H](C)[C@@H](CN(Cc1cccc2ccccc12)C(=O)c1cc(Cl)cc(Cl)c1)NC(=O)Cc1cncn1Cc1ccc([N+](=O)[O-])cc1. The van der Waals surface area contributed by atoms with Gasteiger partial charge in [-0.2, -0.15) is 0 Å². The summed E-state index contributed by atoms with van der Waals surface area (Å²) >= 11 is 12.6. The number of aromatic nitrogens is 2. The minimum atomic E-state index is -0.439. The van der Waals surface area contributed by atoms with Crippen LogP contribution in [0.3, 0.4) is 0 Å². The summed E-state index contributed by atoms with van der Waals surface area (Å²) in [5.74, 6) is -0.398. The Morgan fingerprint density at radius 1 is 1.00 bits per heavy atom. The van der Waals surface area contributed by atoms with Crippen molar-refractivity contribution in [3.8, 4) is 0 Å². The lowest BCUT2D eigenvalue weighted by Crippen LogP contribution is -2.49. The van der Waals surface area contributed by atoms with Crippen LogP contribution in [0.2, 0.25) is 10.0 Å². The van der Waals surface area contributed by atoms with Crippen molar-refractivity contribution in [2.24, 2.45) is 5.92 Å². The van der Waals surface area contributed by atoms with E-state index in [1.54, 1.807) is 47.8 Å². The van der Waals surface area contributed by atoms with Crippen LogP contribution in [0.5, 0.6) is 0 Å². The highest BCUT2D eigenvalue weighted by atomic mass is 35.5. The summed E-state index contributed by atoms with van der Waals surface area (Å²) in [6, 6.07) is 24.8. The van der Waals surface area contributed by atoms with Gasteiger partial charge in [0, 0.05) is 65.3 Å². The van der Waals surface area contributed by atoms with Crippen molar-refractivity contribution < 1.29 is 14.5 Å². The first-order valence-corrected chi connectivity index (χ1v) is 16.1. The van der Waals surface area contributed by atoms with Gasteiger partial charge in [-0.1, -0.05) is 98.1 Å². The van der Waals surface area contributed by atoms with E-state index in [1.165, 1.54) is 12.1 Å². The number of nitrogens with one attached hydrogen (secondary N) is 1. The molecule has 0 aliphatic heterocycles. The number of nitro benzene ring substituents is 1. The van der Waals surface area contributed by atoms with E-state index in [-0.39, 0.29) is 42.4 Å². The Labute approximate surface area is 283 Å². The van der Waals surface area contributed by atoms with E-state index in [9.17, 15) is 19.7 Å². The van der Waals surface area contributed by atoms with Crippen molar-refractivity contribution in [1.29, 1.82) is 0 Å². The molecule has 0 fully saturated rings. The van der Waals surface area contributed by atoms with Crippen LogP contribution in [0.25, 0.3) is 10.8 Å². The second-order valence-corrected chi connectivity index (χ2v) is 12.5. The first-order chi connectivity index (χ1) is 22.6. The van der Waals surface area contributed by atoms with Crippen LogP contribution in [-0.4, -0.2) is 43.8 Å². The molecule has 1 N–H and O–H groups in total. The Morgan fingerprint density at radius 3 is 2.40 bits per heavy atom. The number of carbonyl (C=O) groups excluding carboxylic acids is 2. The summed E-state index contributed by atoms with van der Waals surface area (Å²) in [5.41, 5.74) is 2.90. The van der Waals surface area contributed by atoms with Gasteiger partial charge in [-0.25, -0.2) is 4.98 Å². The quantitative estimate of drug-likeness (QED) is 0.102. The molecule has 0 saturated carbocycles. The number of nitro groups is 1. The van der Waals surface area contributed by atoms with E-state index >= 15 is 0 Å². The van der Waals surface area contributed by atoms with Crippen molar-refractivity contribution >= 4 is 51.5 Å². The zero-order chi connectivity index (χ0) is 33.5. The minimum Gasteiger partial charge on any atom is -0.351 e. The number of halogens is 2. The summed E-state index contributed by atoms with van der Waals surface area (Å²) in [6.07, 6.45) is 4.13. The summed E-state index contributed by atoms with van der Waals surface area (Å²) in [6.45, 7) is 5.09. The maximum absolute atomic E-state index is 14.1. The van der Waals surface area contributed by atoms with Crippen molar-refractivity contribution in [3.05, 3.63) is 140 Å². The molecule has 5 rings (SSSR count). The van der Waals surface area contributed by atoms with E-state index in [1.807, 2.05) is 47.0 Å². The van der Waals surface area contributed by atoms with Gasteiger partial charge in [0.15, 0.2) is 0 Å². The maximum atomic E-state index is 14.1. The highest BCUT2D eigenvalue weighted by Gasteiger charge is 2.26. The van der Waals surface area contributed by atoms with Crippen molar-refractivity contribution in [2.45, 2.75) is 45.8 Å². The van der Waals surface area contributed by atoms with Crippen LogP contribution in [0.1, 0.15) is 47.4 Å². The molecular formula is C36H35Cl2N5O4. The fraction of sp³-hybridized carbons (Fsp3) is 0.250. The number of carbonyl (C=O) groups is 2. The van der Waals surface area contributed by atoms with Crippen molar-refractivity contribution in [3.63, 3.8) is 0 Å². The van der Waals surface area contributed by atoms with Crippen LogP contribution < -0.4 is 5.32 Å². The molecule has 5 aromatic rings. The Hall–Kier alpha value is -4.73. The molecule has 4 aromatic carbocycles. The zero-order valence-electron chi connectivity index (χ0n) is 26.1. The molecule has 0 bridgehead atoms. The van der Waals surface area contributed by atoms with Gasteiger partial charge in [0.2, 0.25) is 5.91 Å². The van der Waals surface area contributed by atoms with Gasteiger partial charge < -0.3 is 14.8 Å². The minimum absolute atomic E-state index is 0.0153. The molecule has 47 heavy (non-hydrogen) atoms. The van der Waals surface area contributed by atoms with Gasteiger partial charge in [-0.3, -0.25) is 19.7 Å². The van der Waals surface area contributed by atoms with Crippen LogP contribution in [0.15, 0.2) is 97.5 Å². The van der Waals surface area contributed by atoms with Gasteiger partial charge in [0.1, 0.15) is 0 Å². The average molecular weight is 673 g/mol. The monoisotopic (exact) mass is 671 g/mol. The lowest BCUT2D eigenvalue weighted by Gasteiger charge is -2.32. The molecule has 0 radical (unpaired) electrons. The number of rotatable bonds is 13. The molecule has 11 heteroatoms. The third kappa shape index (κ3) is 8.55. The number of hydrogen-bond donors (Lipinski definition) is 1. The topological polar surface area (TPSA) is 110 Å². The Kier molecular flexibility index (Phi) is 10.9. The van der Waals surface area contributed by atoms with E-state index in [0.717, 1.165) is 28.3 Å². The van der Waals surface area contributed by atoms with E-state index < -0.39 is 4.92 Å². The van der Waals surface area contributed by atoms with Crippen molar-refractivity contribution in [2.75, 3.05) is 6.54 Å². The van der Waals surface area contributed by atoms with Crippen LogP contribution in [0.4, 0.5) is 5.69 Å². The van der Waals surface area contributed by atoms with E-state index in [0.29, 0.717) is 34.4 Å². The Morgan fingerprint density at radius 2 is 1.70 bits per heavy atom. The molecule has 2 atom stereocenters. The number of imidazole rings is 1. The molecule has 0 spiro atoms. The molecule has 9 nitrogen and oxygen atoms in total. The van der Waals surface area contributed by atoms with E-state index in [2.05, 4.69) is 24.1 Å². The predicted octanol–water partition coefficient (Wildman–Crippen LogP) is 7.72. The van der Waals surface area contributed by atoms with Crippen LogP contribution in [-0.2, 0) is 24.3 Å². The second kappa shape index (κ2) is 15.2. The Bertz CT molecular complexity index is 1870. The number of amides is 2. The average Bonchev–Trinajstić information content (AvgIpc) is 3.48. The lowest BCUT2D eigenvalue weighted by molar-refractivity contribution is -0.384. The first kappa shape index (κ1) is 33.6. The van der Waals surface area contributed by atoms with E-state index in [4.69, 9.17) is 23.2 Å². The fourth-order valence-electron chi connectivity index (χ4n) is 5.58. The van der Waals surface area contributed by atoms with Crippen molar-refractivity contribution in [1.82, 2.24) is 19.8 Å². The van der Waals surface area contributed by atoms with Gasteiger partial charge in [-0.05, 0) is 46.0 Å². The molecule has 1 heterocycles. The molecule has 0 aliphatic carbocycles. The number of fused-ring (bicyclic) bond motifs is 1. The first-order valence-electron chi connectivity index (χ1n) is 15.3. The molecule has 0 unspecified atom stereocenters. The lowest BCUT2D eigenvalue weighted by atomic mass is 9.97. The highest BCUT2D eigenvalue weighted by Crippen LogP contribution is 2.25. The zero-order valence-corrected chi connectivity index (χ0v) is 27.6. The number of non-ortho nitro benzene ring substituents is 1. The predicted molar refractivity (Wildman–Crippen MR) is 185 cm³/mol. The van der Waals surface area contributed by atoms with Gasteiger partial charge in [0.05, 0.1) is 17.7 Å². The van der Waals surface area contributed by atoms with Gasteiger partial charge in [0.25, 0.3) is 11.6 Å². The molecule has 1 aromatic heterocycles.